The van der Waals surface area contributed by atoms with E-state index in [2.05, 4.69) is 5.32 Å². The lowest BCUT2D eigenvalue weighted by Crippen LogP contribution is -2.35. The number of thiocarbonyl (C=S) groups is 1. The smallest absolute Gasteiger partial charge is 0.178 e. The molecule has 0 bridgehead atoms. The standard InChI is InChI=1S/C16H17FN2S/c1-3-19(15-11-7-4-8-12(15)2)16(20)18-14-10-6-5-9-13(14)17/h4-11H,3H2,1-2H3,(H,18,20). The van der Waals surface area contributed by atoms with Gasteiger partial charge in [0.05, 0.1) is 5.69 Å². The van der Waals surface area contributed by atoms with Crippen molar-refractivity contribution >= 4 is 28.7 Å². The number of para-hydroxylation sites is 2. The van der Waals surface area contributed by atoms with Crippen molar-refractivity contribution in [2.75, 3.05) is 16.8 Å². The average Bonchev–Trinajstić information content (AvgIpc) is 2.44. The van der Waals surface area contributed by atoms with Gasteiger partial charge in [-0.15, -0.1) is 0 Å². The molecule has 2 rings (SSSR count). The molecule has 0 saturated heterocycles. The van der Waals surface area contributed by atoms with Crippen LogP contribution in [0, 0.1) is 12.7 Å². The van der Waals surface area contributed by atoms with Crippen molar-refractivity contribution in [3.8, 4) is 0 Å². The summed E-state index contributed by atoms with van der Waals surface area (Å²) in [4.78, 5) is 1.96. The zero-order valence-corrected chi connectivity index (χ0v) is 12.4. The molecule has 0 aliphatic heterocycles. The van der Waals surface area contributed by atoms with Crippen LogP contribution in [0.15, 0.2) is 48.5 Å². The fourth-order valence-corrected chi connectivity index (χ4v) is 2.37. The summed E-state index contributed by atoms with van der Waals surface area (Å²) >= 11 is 5.41. The Hall–Kier alpha value is -1.94. The monoisotopic (exact) mass is 288 g/mol. The topological polar surface area (TPSA) is 15.3 Å². The molecule has 0 atom stereocenters. The van der Waals surface area contributed by atoms with Crippen LogP contribution in [0.5, 0.6) is 0 Å². The van der Waals surface area contributed by atoms with Gasteiger partial charge in [-0.2, -0.15) is 0 Å². The van der Waals surface area contributed by atoms with Crippen molar-refractivity contribution in [1.82, 2.24) is 0 Å². The molecule has 4 heteroatoms. The zero-order chi connectivity index (χ0) is 14.5. The maximum atomic E-state index is 13.7. The summed E-state index contributed by atoms with van der Waals surface area (Å²) in [7, 11) is 0. The van der Waals surface area contributed by atoms with E-state index in [-0.39, 0.29) is 5.82 Å². The number of aryl methyl sites for hydroxylation is 1. The van der Waals surface area contributed by atoms with Gasteiger partial charge in [0.25, 0.3) is 0 Å². The number of benzene rings is 2. The van der Waals surface area contributed by atoms with Crippen molar-refractivity contribution in [2.45, 2.75) is 13.8 Å². The predicted molar refractivity (Wildman–Crippen MR) is 86.8 cm³/mol. The van der Waals surface area contributed by atoms with Gasteiger partial charge in [-0.25, -0.2) is 4.39 Å². The van der Waals surface area contributed by atoms with E-state index in [1.165, 1.54) is 6.07 Å². The Kier molecular flexibility index (Phi) is 4.69. The van der Waals surface area contributed by atoms with Crippen LogP contribution >= 0.6 is 12.2 Å². The maximum Gasteiger partial charge on any atom is 0.178 e. The molecule has 0 heterocycles. The Morgan fingerprint density at radius 3 is 2.45 bits per heavy atom. The van der Waals surface area contributed by atoms with Crippen LogP contribution in [0.2, 0.25) is 0 Å². The van der Waals surface area contributed by atoms with E-state index in [4.69, 9.17) is 12.2 Å². The maximum absolute atomic E-state index is 13.7. The van der Waals surface area contributed by atoms with E-state index in [0.717, 1.165) is 11.3 Å². The minimum atomic E-state index is -0.310. The van der Waals surface area contributed by atoms with Gasteiger partial charge < -0.3 is 10.2 Å². The van der Waals surface area contributed by atoms with Crippen LogP contribution in [0.3, 0.4) is 0 Å². The molecule has 2 aromatic carbocycles. The minimum Gasteiger partial charge on any atom is -0.330 e. The lowest BCUT2D eigenvalue weighted by atomic mass is 10.2. The quantitative estimate of drug-likeness (QED) is 0.845. The molecule has 20 heavy (non-hydrogen) atoms. The molecular formula is C16H17FN2S. The summed E-state index contributed by atoms with van der Waals surface area (Å²) in [5, 5.41) is 3.46. The van der Waals surface area contributed by atoms with Gasteiger partial charge in [-0.3, -0.25) is 0 Å². The van der Waals surface area contributed by atoms with Crippen molar-refractivity contribution in [3.05, 3.63) is 59.9 Å². The summed E-state index contributed by atoms with van der Waals surface area (Å²) in [6.45, 7) is 4.76. The van der Waals surface area contributed by atoms with Crippen LogP contribution in [-0.4, -0.2) is 11.7 Å². The molecule has 0 amide bonds. The van der Waals surface area contributed by atoms with Gasteiger partial charge in [0.2, 0.25) is 0 Å². The molecule has 0 fully saturated rings. The summed E-state index contributed by atoms with van der Waals surface area (Å²) in [5.74, 6) is -0.310. The van der Waals surface area contributed by atoms with E-state index < -0.39 is 0 Å². The highest BCUT2D eigenvalue weighted by molar-refractivity contribution is 7.80. The normalized spacial score (nSPS) is 10.2. The summed E-state index contributed by atoms with van der Waals surface area (Å²) < 4.78 is 13.7. The SMILES string of the molecule is CCN(C(=S)Nc1ccccc1F)c1ccccc1C. The average molecular weight is 288 g/mol. The number of nitrogens with one attached hydrogen (secondary N) is 1. The highest BCUT2D eigenvalue weighted by Gasteiger charge is 2.13. The van der Waals surface area contributed by atoms with E-state index in [9.17, 15) is 4.39 Å². The Labute approximate surface area is 124 Å². The summed E-state index contributed by atoms with van der Waals surface area (Å²) in [6, 6.07) is 14.5. The van der Waals surface area contributed by atoms with Gasteiger partial charge in [-0.05, 0) is 49.8 Å². The zero-order valence-electron chi connectivity index (χ0n) is 11.6. The van der Waals surface area contributed by atoms with Crippen LogP contribution in [0.25, 0.3) is 0 Å². The first-order valence-electron chi connectivity index (χ1n) is 6.52. The van der Waals surface area contributed by atoms with Crippen LogP contribution < -0.4 is 10.2 Å². The summed E-state index contributed by atoms with van der Waals surface area (Å²) in [6.07, 6.45) is 0. The number of anilines is 2. The Morgan fingerprint density at radius 2 is 1.80 bits per heavy atom. The van der Waals surface area contributed by atoms with Crippen LogP contribution in [-0.2, 0) is 0 Å². The summed E-state index contributed by atoms with van der Waals surface area (Å²) in [5.41, 5.74) is 2.56. The molecule has 2 aromatic rings. The number of nitrogens with zero attached hydrogens (tertiary/aromatic N) is 1. The molecule has 0 saturated carbocycles. The van der Waals surface area contributed by atoms with Gasteiger partial charge in [0.1, 0.15) is 5.82 Å². The fraction of sp³-hybridized carbons (Fsp3) is 0.188. The van der Waals surface area contributed by atoms with Gasteiger partial charge in [0, 0.05) is 12.2 Å². The van der Waals surface area contributed by atoms with Gasteiger partial charge in [-0.1, -0.05) is 30.3 Å². The molecule has 104 valence electrons. The third-order valence-electron chi connectivity index (χ3n) is 3.08. The van der Waals surface area contributed by atoms with E-state index >= 15 is 0 Å². The number of hydrogen-bond acceptors (Lipinski definition) is 1. The number of halogens is 1. The molecule has 0 aromatic heterocycles. The van der Waals surface area contributed by atoms with Crippen LogP contribution in [0.4, 0.5) is 15.8 Å². The molecule has 0 aliphatic carbocycles. The van der Waals surface area contributed by atoms with Crippen molar-refractivity contribution in [2.24, 2.45) is 0 Å². The number of hydrogen-bond donors (Lipinski definition) is 1. The fourth-order valence-electron chi connectivity index (χ4n) is 2.03. The molecular weight excluding hydrogens is 271 g/mol. The van der Waals surface area contributed by atoms with Crippen molar-refractivity contribution in [3.63, 3.8) is 0 Å². The minimum absolute atomic E-state index is 0.310. The third-order valence-corrected chi connectivity index (χ3v) is 3.41. The van der Waals surface area contributed by atoms with Gasteiger partial charge >= 0.3 is 0 Å². The van der Waals surface area contributed by atoms with Crippen molar-refractivity contribution < 1.29 is 4.39 Å². The Balaban J connectivity index is 2.23. The predicted octanol–water partition coefficient (Wildman–Crippen LogP) is 4.36. The number of rotatable bonds is 3. The molecule has 2 nitrogen and oxygen atoms in total. The second kappa shape index (κ2) is 6.48. The van der Waals surface area contributed by atoms with Gasteiger partial charge in [0.15, 0.2) is 5.11 Å². The second-order valence-electron chi connectivity index (χ2n) is 4.44. The largest absolute Gasteiger partial charge is 0.330 e. The van der Waals surface area contributed by atoms with E-state index in [1.54, 1.807) is 18.2 Å². The molecule has 0 unspecified atom stereocenters. The molecule has 0 radical (unpaired) electrons. The molecule has 0 spiro atoms. The highest BCUT2D eigenvalue weighted by atomic mass is 32.1. The molecule has 0 aliphatic rings. The first kappa shape index (κ1) is 14.5. The third kappa shape index (κ3) is 3.14. The van der Waals surface area contributed by atoms with E-state index in [0.29, 0.717) is 17.3 Å². The first-order chi connectivity index (χ1) is 9.63. The molecule has 1 N–H and O–H groups in total. The first-order valence-corrected chi connectivity index (χ1v) is 6.93. The van der Waals surface area contributed by atoms with E-state index in [1.807, 2.05) is 43.0 Å². The second-order valence-corrected chi connectivity index (χ2v) is 4.83. The Morgan fingerprint density at radius 1 is 1.15 bits per heavy atom. The Bertz CT molecular complexity index is 613. The lowest BCUT2D eigenvalue weighted by molar-refractivity contribution is 0.632. The lowest BCUT2D eigenvalue weighted by Gasteiger charge is -2.26. The highest BCUT2D eigenvalue weighted by Crippen LogP contribution is 2.21. The van der Waals surface area contributed by atoms with Crippen molar-refractivity contribution in [1.29, 1.82) is 0 Å². The van der Waals surface area contributed by atoms with Crippen LogP contribution in [0.1, 0.15) is 12.5 Å².